The lowest BCUT2D eigenvalue weighted by Crippen LogP contribution is -2.62. The zero-order valence-electron chi connectivity index (χ0n) is 17.8. The first-order valence-electron chi connectivity index (χ1n) is 10.0. The number of anilines is 1. The molecule has 0 fully saturated rings. The molecule has 0 saturated carbocycles. The molecule has 0 N–H and O–H groups in total. The van der Waals surface area contributed by atoms with E-state index in [0.717, 1.165) is 11.3 Å². The van der Waals surface area contributed by atoms with Crippen molar-refractivity contribution in [1.29, 1.82) is 0 Å². The molecule has 4 heterocycles. The van der Waals surface area contributed by atoms with Gasteiger partial charge in [-0.15, -0.1) is 0 Å². The molecular formula is C24H30N2O. The number of fused-ring (bicyclic) bond motifs is 7. The lowest BCUT2D eigenvalue weighted by Gasteiger charge is -2.61. The Morgan fingerprint density at radius 3 is 2.44 bits per heavy atom. The summed E-state index contributed by atoms with van der Waals surface area (Å²) in [6, 6.07) is 9.17. The molecule has 0 saturated heterocycles. The van der Waals surface area contributed by atoms with E-state index < -0.39 is 0 Å². The second-order valence-corrected chi connectivity index (χ2v) is 9.82. The van der Waals surface area contributed by atoms with Crippen molar-refractivity contribution in [2.45, 2.75) is 65.5 Å². The number of benzene rings is 1. The highest BCUT2D eigenvalue weighted by Crippen LogP contribution is 2.68. The van der Waals surface area contributed by atoms with Crippen LogP contribution >= 0.6 is 0 Å². The third-order valence-electron chi connectivity index (χ3n) is 8.41. The third kappa shape index (κ3) is 1.58. The molecule has 2 aliphatic heterocycles. The highest BCUT2D eigenvalue weighted by atomic mass is 16.3. The van der Waals surface area contributed by atoms with Crippen molar-refractivity contribution in [3.8, 4) is 0 Å². The molecule has 0 radical (unpaired) electrons. The van der Waals surface area contributed by atoms with E-state index in [4.69, 9.17) is 4.42 Å². The van der Waals surface area contributed by atoms with Gasteiger partial charge in [0, 0.05) is 29.9 Å². The van der Waals surface area contributed by atoms with Crippen molar-refractivity contribution in [2.75, 3.05) is 4.90 Å². The highest BCUT2D eigenvalue weighted by Gasteiger charge is 2.66. The predicted octanol–water partition coefficient (Wildman–Crippen LogP) is 6.19. The first-order chi connectivity index (χ1) is 12.5. The number of nitrogens with zero attached hydrogens (tertiary/aromatic N) is 2. The lowest BCUT2D eigenvalue weighted by atomic mass is 9.52. The predicted molar refractivity (Wildman–Crippen MR) is 111 cm³/mol. The van der Waals surface area contributed by atoms with Crippen LogP contribution in [-0.2, 0) is 18.0 Å². The second-order valence-electron chi connectivity index (χ2n) is 9.82. The van der Waals surface area contributed by atoms with E-state index in [-0.39, 0.29) is 22.4 Å². The van der Waals surface area contributed by atoms with E-state index in [1.54, 1.807) is 0 Å². The van der Waals surface area contributed by atoms with Crippen LogP contribution in [0.25, 0.3) is 11.1 Å². The van der Waals surface area contributed by atoms with Gasteiger partial charge in [0.15, 0.2) is 5.58 Å². The Hall–Kier alpha value is -2.16. The number of aryl methyl sites for hydroxylation is 2. The van der Waals surface area contributed by atoms with Gasteiger partial charge in [-0.25, -0.2) is 0 Å². The van der Waals surface area contributed by atoms with Gasteiger partial charge in [-0.05, 0) is 43.4 Å². The molecule has 1 aromatic carbocycles. The monoisotopic (exact) mass is 362 g/mol. The largest absolute Gasteiger partial charge is 0.456 e. The summed E-state index contributed by atoms with van der Waals surface area (Å²) in [4.78, 5) is 2.66. The molecule has 0 aliphatic carbocycles. The van der Waals surface area contributed by atoms with Gasteiger partial charge < -0.3 is 13.9 Å². The minimum Gasteiger partial charge on any atom is -0.456 e. The zero-order chi connectivity index (χ0) is 19.5. The van der Waals surface area contributed by atoms with Gasteiger partial charge in [0.05, 0.1) is 11.6 Å². The van der Waals surface area contributed by atoms with E-state index in [0.29, 0.717) is 0 Å². The van der Waals surface area contributed by atoms with Crippen molar-refractivity contribution >= 4 is 16.8 Å². The molecule has 0 amide bonds. The van der Waals surface area contributed by atoms with Gasteiger partial charge in [0.2, 0.25) is 0 Å². The third-order valence-corrected chi connectivity index (χ3v) is 8.41. The maximum Gasteiger partial charge on any atom is 0.152 e. The van der Waals surface area contributed by atoms with Gasteiger partial charge in [0.25, 0.3) is 0 Å². The van der Waals surface area contributed by atoms with Crippen LogP contribution in [0.2, 0.25) is 0 Å². The van der Waals surface area contributed by atoms with E-state index in [1.807, 2.05) is 0 Å². The summed E-state index contributed by atoms with van der Waals surface area (Å²) in [6.07, 6.45) is 2.11. The summed E-state index contributed by atoms with van der Waals surface area (Å²) >= 11 is 0. The van der Waals surface area contributed by atoms with E-state index in [2.05, 4.69) is 95.4 Å². The Morgan fingerprint density at radius 1 is 1.04 bits per heavy atom. The van der Waals surface area contributed by atoms with Crippen molar-refractivity contribution < 1.29 is 4.42 Å². The van der Waals surface area contributed by atoms with Crippen molar-refractivity contribution in [2.24, 2.45) is 12.5 Å². The number of aromatic nitrogens is 1. The number of hydrogen-bond donors (Lipinski definition) is 0. The van der Waals surface area contributed by atoms with Crippen LogP contribution in [0.4, 0.5) is 5.69 Å². The number of para-hydroxylation sites is 1. The van der Waals surface area contributed by atoms with Crippen LogP contribution in [-0.4, -0.2) is 4.57 Å². The Bertz CT molecular complexity index is 1100. The quantitative estimate of drug-likeness (QED) is 0.475. The van der Waals surface area contributed by atoms with Gasteiger partial charge in [-0.1, -0.05) is 45.9 Å². The summed E-state index contributed by atoms with van der Waals surface area (Å²) in [5.41, 5.74) is 7.60. The maximum atomic E-state index is 6.60. The Kier molecular flexibility index (Phi) is 2.91. The second kappa shape index (κ2) is 4.63. The molecule has 0 spiro atoms. The van der Waals surface area contributed by atoms with Crippen LogP contribution in [0.1, 0.15) is 70.0 Å². The molecule has 3 aromatic rings. The molecule has 2 aromatic heterocycles. The molecule has 27 heavy (non-hydrogen) atoms. The van der Waals surface area contributed by atoms with Gasteiger partial charge in [-0.2, -0.15) is 0 Å². The smallest absolute Gasteiger partial charge is 0.152 e. The van der Waals surface area contributed by atoms with E-state index >= 15 is 0 Å². The molecule has 2 aliphatic rings. The van der Waals surface area contributed by atoms with Crippen LogP contribution in [0, 0.1) is 12.3 Å². The molecule has 2 atom stereocenters. The average Bonchev–Trinajstić information content (AvgIpc) is 3.20. The summed E-state index contributed by atoms with van der Waals surface area (Å²) in [6.45, 7) is 16.6. The maximum absolute atomic E-state index is 6.60. The Balaban J connectivity index is 1.94. The van der Waals surface area contributed by atoms with Crippen LogP contribution in [0.15, 0.2) is 34.9 Å². The highest BCUT2D eigenvalue weighted by molar-refractivity contribution is 5.85. The van der Waals surface area contributed by atoms with E-state index in [1.165, 1.54) is 27.9 Å². The normalized spacial score (nSPS) is 27.6. The number of hydrogen-bond acceptors (Lipinski definition) is 2. The molecule has 3 nitrogen and oxygen atoms in total. The Morgan fingerprint density at radius 2 is 1.74 bits per heavy atom. The van der Waals surface area contributed by atoms with Crippen LogP contribution in [0.5, 0.6) is 0 Å². The van der Waals surface area contributed by atoms with Gasteiger partial charge >= 0.3 is 0 Å². The van der Waals surface area contributed by atoms with Crippen molar-refractivity contribution in [3.05, 3.63) is 52.9 Å². The minimum absolute atomic E-state index is 0.0138. The van der Waals surface area contributed by atoms with Crippen molar-refractivity contribution in [3.63, 3.8) is 0 Å². The molecule has 3 heteroatoms. The summed E-state index contributed by atoms with van der Waals surface area (Å²) in [5, 5.41) is 0. The first-order valence-corrected chi connectivity index (χ1v) is 10.0. The van der Waals surface area contributed by atoms with Gasteiger partial charge in [-0.3, -0.25) is 0 Å². The number of furan rings is 1. The summed E-state index contributed by atoms with van der Waals surface area (Å²) in [5.74, 6) is 1.16. The Labute approximate surface area is 162 Å². The zero-order valence-corrected chi connectivity index (χ0v) is 17.8. The molecular weight excluding hydrogens is 332 g/mol. The fourth-order valence-electron chi connectivity index (χ4n) is 5.99. The minimum atomic E-state index is -0.205. The fourth-order valence-corrected chi connectivity index (χ4v) is 5.99. The topological polar surface area (TPSA) is 21.3 Å². The van der Waals surface area contributed by atoms with E-state index in [9.17, 15) is 0 Å². The first kappa shape index (κ1) is 17.0. The summed E-state index contributed by atoms with van der Waals surface area (Å²) in [7, 11) is 2.12. The average molecular weight is 363 g/mol. The number of rotatable bonds is 0. The standard InChI is InChI=1S/C24H30N2O/c1-14-10-9-11-16-19(14)26-15(2)18-20-17(12-13-25(20)8)27-21(18)24(26,7)23(5,6)22(16,3)4/h9-13,15H,1-8H3. The molecule has 142 valence electrons. The molecule has 0 bridgehead atoms. The van der Waals surface area contributed by atoms with Crippen molar-refractivity contribution in [1.82, 2.24) is 4.57 Å². The lowest BCUT2D eigenvalue weighted by molar-refractivity contribution is 0.0521. The molecule has 2 unspecified atom stereocenters. The molecule has 5 rings (SSSR count). The summed E-state index contributed by atoms with van der Waals surface area (Å²) < 4.78 is 8.81. The SMILES string of the molecule is Cc1cccc2c1N1C(C)c3c(oc4ccn(C)c34)C1(C)C(C)(C)C2(C)C. The van der Waals surface area contributed by atoms with Crippen LogP contribution in [0.3, 0.4) is 0 Å². The fraction of sp³-hybridized carbons (Fsp3) is 0.500. The van der Waals surface area contributed by atoms with Crippen LogP contribution < -0.4 is 4.90 Å². The van der Waals surface area contributed by atoms with Gasteiger partial charge in [0.1, 0.15) is 11.3 Å².